The summed E-state index contributed by atoms with van der Waals surface area (Å²) in [5.41, 5.74) is 0. The molecule has 57 valence electrons. The molecule has 0 spiro atoms. The smallest absolute Gasteiger partial charge is 0.329 e. The molecule has 0 aromatic rings. The minimum absolute atomic E-state index is 0.283. The van der Waals surface area contributed by atoms with Crippen LogP contribution in [0.1, 0.15) is 6.42 Å². The van der Waals surface area contributed by atoms with Crippen LogP contribution in [0.5, 0.6) is 0 Å². The van der Waals surface area contributed by atoms with Crippen molar-refractivity contribution >= 4 is 12.3 Å². The predicted molar refractivity (Wildman–Crippen MR) is 33.4 cm³/mol. The van der Waals surface area contributed by atoms with Crippen molar-refractivity contribution in [2.45, 2.75) is 6.42 Å². The number of carbonyl (C=O) groups is 2. The minimum Gasteiger partial charge on any atom is -0.480 e. The number of rotatable bonds is 6. The van der Waals surface area contributed by atoms with Gasteiger partial charge in [0.25, 0.3) is 0 Å². The number of hydrogen-bond acceptors (Lipinski definition) is 3. The van der Waals surface area contributed by atoms with Gasteiger partial charge in [0, 0.05) is 13.0 Å². The molecule has 0 unspecified atom stereocenters. The van der Waals surface area contributed by atoms with Gasteiger partial charge >= 0.3 is 5.97 Å². The van der Waals surface area contributed by atoms with E-state index in [1.165, 1.54) is 6.42 Å². The third-order valence-corrected chi connectivity index (χ3v) is 0.751. The Morgan fingerprint density at radius 1 is 1.60 bits per heavy atom. The highest BCUT2D eigenvalue weighted by Gasteiger charge is 1.94. The maximum atomic E-state index is 9.83. The molecular weight excluding hydrogens is 136 g/mol. The van der Waals surface area contributed by atoms with Crippen molar-refractivity contribution in [2.75, 3.05) is 13.2 Å². The number of carboxylic acid groups (broad SMARTS) is 1. The van der Waals surface area contributed by atoms with Gasteiger partial charge in [-0.15, -0.1) is 0 Å². The molecule has 0 saturated heterocycles. The van der Waals surface area contributed by atoms with Gasteiger partial charge in [0.2, 0.25) is 0 Å². The lowest BCUT2D eigenvalue weighted by molar-refractivity contribution is -0.142. The topological polar surface area (TPSA) is 63.6 Å². The number of hydrogen-bond donors (Lipinski definition) is 1. The van der Waals surface area contributed by atoms with Crippen molar-refractivity contribution in [3.63, 3.8) is 0 Å². The van der Waals surface area contributed by atoms with Crippen LogP contribution in [0.15, 0.2) is 0 Å². The Morgan fingerprint density at radius 2 is 2.30 bits per heavy atom. The summed E-state index contributed by atoms with van der Waals surface area (Å²) in [7, 11) is 0. The summed E-state index contributed by atoms with van der Waals surface area (Å²) >= 11 is 0. The number of unbranched alkanes of at least 4 members (excludes halogenated alkanes) is 1. The Kier molecular flexibility index (Phi) is 5.66. The maximum absolute atomic E-state index is 9.83. The largest absolute Gasteiger partial charge is 0.480 e. The van der Waals surface area contributed by atoms with Crippen molar-refractivity contribution in [3.8, 4) is 0 Å². The molecule has 0 amide bonds. The summed E-state index contributed by atoms with van der Waals surface area (Å²) in [6.45, 7) is -0.0161. The Labute approximate surface area is 58.8 Å². The fourth-order valence-electron chi connectivity index (χ4n) is 0.379. The molecule has 1 radical (unpaired) electrons. The van der Waals surface area contributed by atoms with E-state index in [1.54, 1.807) is 0 Å². The normalized spacial score (nSPS) is 9.20. The van der Waals surface area contributed by atoms with Crippen molar-refractivity contribution in [2.24, 2.45) is 0 Å². The van der Waals surface area contributed by atoms with Crippen LogP contribution in [-0.2, 0) is 14.3 Å². The second-order valence-electron chi connectivity index (χ2n) is 1.61. The van der Waals surface area contributed by atoms with E-state index in [0.717, 1.165) is 0 Å². The van der Waals surface area contributed by atoms with Gasteiger partial charge in [-0.2, -0.15) is 0 Å². The molecule has 0 bridgehead atoms. The molecule has 4 nitrogen and oxygen atoms in total. The van der Waals surface area contributed by atoms with Gasteiger partial charge < -0.3 is 14.6 Å². The average Bonchev–Trinajstić information content (AvgIpc) is 1.87. The fraction of sp³-hybridized carbons (Fsp3) is 0.500. The van der Waals surface area contributed by atoms with Gasteiger partial charge in [-0.25, -0.2) is 4.79 Å². The van der Waals surface area contributed by atoms with Crippen LogP contribution in [0.25, 0.3) is 0 Å². The predicted octanol–water partition coefficient (Wildman–Crippen LogP) is -0.119. The van der Waals surface area contributed by atoms with Crippen LogP contribution in [-0.4, -0.2) is 30.6 Å². The molecule has 0 aliphatic heterocycles. The van der Waals surface area contributed by atoms with Crippen LogP contribution < -0.4 is 0 Å². The van der Waals surface area contributed by atoms with Crippen LogP contribution in [0.4, 0.5) is 0 Å². The second kappa shape index (κ2) is 6.22. The monoisotopic (exact) mass is 145 g/mol. The van der Waals surface area contributed by atoms with Crippen molar-refractivity contribution < 1.29 is 19.4 Å². The Balaban J connectivity index is 2.90. The zero-order chi connectivity index (χ0) is 7.82. The summed E-state index contributed by atoms with van der Waals surface area (Å²) in [6, 6.07) is 0. The third kappa shape index (κ3) is 7.10. The molecule has 0 heterocycles. The van der Waals surface area contributed by atoms with Gasteiger partial charge in [-0.1, -0.05) is 0 Å². The van der Waals surface area contributed by atoms with E-state index in [0.29, 0.717) is 12.7 Å². The van der Waals surface area contributed by atoms with E-state index < -0.39 is 5.97 Å². The second-order valence-corrected chi connectivity index (χ2v) is 1.61. The Morgan fingerprint density at radius 3 is 2.80 bits per heavy atom. The van der Waals surface area contributed by atoms with Crippen molar-refractivity contribution in [1.82, 2.24) is 0 Å². The molecule has 4 heteroatoms. The third-order valence-electron chi connectivity index (χ3n) is 0.751. The molecule has 0 rings (SSSR count). The van der Waals surface area contributed by atoms with E-state index in [1.807, 2.05) is 0 Å². The van der Waals surface area contributed by atoms with Crippen LogP contribution in [0.2, 0.25) is 0 Å². The van der Waals surface area contributed by atoms with Crippen LogP contribution in [0.3, 0.4) is 0 Å². The molecule has 0 aliphatic rings. The first-order valence-corrected chi connectivity index (χ1v) is 2.84. The lowest BCUT2D eigenvalue weighted by Gasteiger charge is -1.95. The molecule has 1 N–H and O–H groups in total. The highest BCUT2D eigenvalue weighted by Crippen LogP contribution is 1.84. The van der Waals surface area contributed by atoms with Gasteiger partial charge in [-0.3, -0.25) is 0 Å². The standard InChI is InChI=1S/C6H9O4/c7-3-1-2-4-10-5-6(8)9/h1,3H,2,4-5H2,(H,8,9). The number of carboxylic acids is 1. The number of ether oxygens (including phenoxy) is 1. The SMILES string of the molecule is O=C[CH]CCOCC(=O)O. The summed E-state index contributed by atoms with van der Waals surface area (Å²) in [6.07, 6.45) is 2.50. The van der Waals surface area contributed by atoms with Gasteiger partial charge in [-0.05, 0) is 6.42 Å². The molecule has 0 aromatic carbocycles. The lowest BCUT2D eigenvalue weighted by Crippen LogP contribution is -2.07. The van der Waals surface area contributed by atoms with Gasteiger partial charge in [0.05, 0.1) is 0 Å². The molecule has 10 heavy (non-hydrogen) atoms. The highest BCUT2D eigenvalue weighted by atomic mass is 16.5. The highest BCUT2D eigenvalue weighted by molar-refractivity contribution is 5.68. The van der Waals surface area contributed by atoms with E-state index in [-0.39, 0.29) is 13.2 Å². The Bertz CT molecular complexity index is 110. The molecular formula is C6H9O4. The Hall–Kier alpha value is -0.900. The zero-order valence-electron chi connectivity index (χ0n) is 5.45. The lowest BCUT2D eigenvalue weighted by atomic mass is 10.3. The maximum Gasteiger partial charge on any atom is 0.329 e. The van der Waals surface area contributed by atoms with Crippen molar-refractivity contribution in [3.05, 3.63) is 6.42 Å². The summed E-state index contributed by atoms with van der Waals surface area (Å²) < 4.78 is 4.61. The molecule has 0 atom stereocenters. The first-order chi connectivity index (χ1) is 4.77. The van der Waals surface area contributed by atoms with Crippen LogP contribution >= 0.6 is 0 Å². The van der Waals surface area contributed by atoms with E-state index in [4.69, 9.17) is 5.11 Å². The number of carbonyl (C=O) groups excluding carboxylic acids is 1. The van der Waals surface area contributed by atoms with Gasteiger partial charge in [0.15, 0.2) is 0 Å². The molecule has 0 fully saturated rings. The number of aldehydes is 1. The van der Waals surface area contributed by atoms with E-state index in [2.05, 4.69) is 4.74 Å². The summed E-state index contributed by atoms with van der Waals surface area (Å²) in [5, 5.41) is 8.07. The minimum atomic E-state index is -0.994. The molecule has 0 aliphatic carbocycles. The van der Waals surface area contributed by atoms with E-state index in [9.17, 15) is 9.59 Å². The first kappa shape index (κ1) is 9.10. The summed E-state index contributed by atoms with van der Waals surface area (Å²) in [5.74, 6) is -0.994. The molecule has 0 aromatic heterocycles. The number of aliphatic carboxylic acids is 1. The van der Waals surface area contributed by atoms with E-state index >= 15 is 0 Å². The molecule has 0 saturated carbocycles. The van der Waals surface area contributed by atoms with Crippen LogP contribution in [0, 0.1) is 6.42 Å². The fourth-order valence-corrected chi connectivity index (χ4v) is 0.379. The summed E-state index contributed by atoms with van der Waals surface area (Å²) in [4.78, 5) is 19.5. The quantitative estimate of drug-likeness (QED) is 0.418. The average molecular weight is 145 g/mol. The zero-order valence-corrected chi connectivity index (χ0v) is 5.45. The van der Waals surface area contributed by atoms with Crippen molar-refractivity contribution in [1.29, 1.82) is 0 Å². The first-order valence-electron chi connectivity index (χ1n) is 2.84. The van der Waals surface area contributed by atoms with Gasteiger partial charge in [0.1, 0.15) is 12.9 Å².